The molecule has 2 aromatic carbocycles. The second-order valence-corrected chi connectivity index (χ2v) is 14.3. The minimum Gasteiger partial charge on any atom is -0.495 e. The summed E-state index contributed by atoms with van der Waals surface area (Å²) in [4.78, 5) is 39.1. The van der Waals surface area contributed by atoms with Gasteiger partial charge in [-0.3, -0.25) is 9.78 Å². The number of hydrogen-bond acceptors (Lipinski definition) is 9. The number of methoxy groups -OCH3 is 1. The Labute approximate surface area is 294 Å². The van der Waals surface area contributed by atoms with Crippen LogP contribution in [0.1, 0.15) is 69.8 Å². The van der Waals surface area contributed by atoms with Crippen molar-refractivity contribution in [3.05, 3.63) is 110 Å². The van der Waals surface area contributed by atoms with E-state index in [0.717, 1.165) is 68.8 Å². The summed E-state index contributed by atoms with van der Waals surface area (Å²) in [6, 6.07) is 14.2. The van der Waals surface area contributed by atoms with Gasteiger partial charge in [-0.25, -0.2) is 19.3 Å². The van der Waals surface area contributed by atoms with Gasteiger partial charge in [0, 0.05) is 28.7 Å². The second kappa shape index (κ2) is 12.1. The van der Waals surface area contributed by atoms with Crippen molar-refractivity contribution < 1.29 is 18.3 Å². The fraction of sp³-hybridized carbons (Fsp3) is 0.270. The quantitative estimate of drug-likeness (QED) is 0.165. The number of thiophene rings is 1. The number of hydrogen-bond donors (Lipinski definition) is 2. The van der Waals surface area contributed by atoms with Gasteiger partial charge in [0.25, 0.3) is 11.8 Å². The van der Waals surface area contributed by atoms with Crippen LogP contribution in [0, 0.1) is 5.82 Å². The van der Waals surface area contributed by atoms with Gasteiger partial charge in [-0.1, -0.05) is 29.8 Å². The molecule has 1 aliphatic carbocycles. The van der Waals surface area contributed by atoms with Crippen LogP contribution >= 0.6 is 22.9 Å². The molecule has 1 fully saturated rings. The number of H-pyrrole nitrogens is 1. The fourth-order valence-electron chi connectivity index (χ4n) is 7.83. The van der Waals surface area contributed by atoms with Crippen LogP contribution in [0.4, 0.5) is 10.2 Å². The molecule has 13 heteroatoms. The van der Waals surface area contributed by atoms with Crippen molar-refractivity contribution in [2.24, 2.45) is 0 Å². The molecular weight excluding hydrogens is 679 g/mol. The number of nitrogens with zero attached hydrogens (tertiary/aromatic N) is 4. The summed E-state index contributed by atoms with van der Waals surface area (Å²) in [5, 5.41) is 11.9. The van der Waals surface area contributed by atoms with Crippen molar-refractivity contribution in [1.82, 2.24) is 25.1 Å². The smallest absolute Gasteiger partial charge is 0.434 e. The molecule has 0 unspecified atom stereocenters. The third-order valence-corrected chi connectivity index (χ3v) is 11.5. The average Bonchev–Trinajstić information content (AvgIpc) is 3.96. The maximum Gasteiger partial charge on any atom is 0.434 e. The highest BCUT2D eigenvalue weighted by atomic mass is 35.5. The van der Waals surface area contributed by atoms with Gasteiger partial charge >= 0.3 is 5.76 Å². The van der Waals surface area contributed by atoms with E-state index in [1.54, 1.807) is 25.4 Å². The number of aromatic nitrogens is 4. The Hall–Kier alpha value is -5.07. The molecule has 4 aromatic heterocycles. The molecule has 1 saturated heterocycles. The molecule has 0 saturated carbocycles. The normalized spacial score (nSPS) is 17.7. The first-order valence-electron chi connectivity index (χ1n) is 16.6. The molecule has 1 amide bonds. The van der Waals surface area contributed by atoms with Gasteiger partial charge in [-0.15, -0.1) is 16.4 Å². The number of carbonyl (C=O) groups is 1. The van der Waals surface area contributed by atoms with Crippen molar-refractivity contribution in [3.63, 3.8) is 0 Å². The van der Waals surface area contributed by atoms with Gasteiger partial charge in [0.05, 0.1) is 51.4 Å². The minimum atomic E-state index is -0.704. The highest BCUT2D eigenvalue weighted by Gasteiger charge is 2.45. The van der Waals surface area contributed by atoms with Gasteiger partial charge < -0.3 is 19.4 Å². The number of amides is 1. The maximum absolute atomic E-state index is 14.2. The van der Waals surface area contributed by atoms with E-state index >= 15 is 0 Å². The van der Waals surface area contributed by atoms with Gasteiger partial charge in [0.2, 0.25) is 0 Å². The molecule has 9 rings (SSSR count). The predicted octanol–water partition coefficient (Wildman–Crippen LogP) is 7.68. The standard InChI is InChI=1S/C37H30ClFN6O4S/c1-48-32-22-10-13-24(21(22)9-11-23(32)38)42-34-33-19(14-15-40-34)17-27(50-33)29-28(35-43-44-37(47)49-35)25(12-6-18-4-7-20(39)8-5-18)41-31-26-3-2-16-45(26)36(46)30(29)31/h4-5,7-9,11,14-15,17,24,26H,2-3,6,10,12-13,16H2,1H3,(H,40,42)(H,44,47)/t24-,26-/m0/s1. The van der Waals surface area contributed by atoms with Gasteiger partial charge in [0.1, 0.15) is 17.4 Å². The molecular formula is C37H30ClFN6O4S. The Morgan fingerprint density at radius 1 is 1.10 bits per heavy atom. The van der Waals surface area contributed by atoms with Crippen LogP contribution in [-0.2, 0) is 19.3 Å². The summed E-state index contributed by atoms with van der Waals surface area (Å²) >= 11 is 7.95. The molecule has 50 heavy (non-hydrogen) atoms. The number of rotatable bonds is 8. The van der Waals surface area contributed by atoms with Crippen molar-refractivity contribution in [2.45, 2.75) is 50.6 Å². The van der Waals surface area contributed by atoms with Crippen LogP contribution < -0.4 is 15.8 Å². The number of carbonyl (C=O) groups excluding carboxylic acids is 1. The van der Waals surface area contributed by atoms with Crippen LogP contribution in [0.2, 0.25) is 5.02 Å². The third-order valence-electron chi connectivity index (χ3n) is 10.1. The van der Waals surface area contributed by atoms with E-state index in [9.17, 15) is 14.0 Å². The third kappa shape index (κ3) is 4.99. The van der Waals surface area contributed by atoms with Crippen LogP contribution in [0.5, 0.6) is 5.75 Å². The van der Waals surface area contributed by atoms with Crippen LogP contribution in [0.25, 0.3) is 32.0 Å². The molecule has 3 aliphatic rings. The first kappa shape index (κ1) is 30.9. The highest BCUT2D eigenvalue weighted by Crippen LogP contribution is 2.51. The zero-order valence-corrected chi connectivity index (χ0v) is 28.5. The Morgan fingerprint density at radius 2 is 1.96 bits per heavy atom. The SMILES string of the molecule is COc1c(Cl)ccc2c1CC[C@@H]2Nc1nccc2cc(-c3c4c(nc(CCc5ccc(F)cc5)c3-c3n[nH]c(=O)o3)[C@@H]3CCCN3C4=O)sc12. The van der Waals surface area contributed by atoms with Gasteiger partial charge in [-0.2, -0.15) is 0 Å². The van der Waals surface area contributed by atoms with Crippen LogP contribution in [0.3, 0.4) is 0 Å². The first-order chi connectivity index (χ1) is 24.4. The molecule has 252 valence electrons. The van der Waals surface area contributed by atoms with Crippen LogP contribution in [-0.4, -0.2) is 44.6 Å². The van der Waals surface area contributed by atoms with Gasteiger partial charge in [0.15, 0.2) is 0 Å². The molecule has 6 heterocycles. The molecule has 6 aromatic rings. The van der Waals surface area contributed by atoms with Crippen molar-refractivity contribution in [2.75, 3.05) is 19.0 Å². The summed E-state index contributed by atoms with van der Waals surface area (Å²) in [7, 11) is 1.64. The second-order valence-electron chi connectivity index (χ2n) is 12.8. The lowest BCUT2D eigenvalue weighted by molar-refractivity contribution is 0.0776. The van der Waals surface area contributed by atoms with E-state index in [0.29, 0.717) is 52.5 Å². The number of benzene rings is 2. The summed E-state index contributed by atoms with van der Waals surface area (Å²) in [6.07, 6.45) is 6.18. The van der Waals surface area contributed by atoms with E-state index < -0.39 is 5.76 Å². The number of pyridine rings is 2. The topological polar surface area (TPSA) is 126 Å². The number of halogens is 2. The largest absolute Gasteiger partial charge is 0.495 e. The zero-order valence-electron chi connectivity index (χ0n) is 26.9. The summed E-state index contributed by atoms with van der Waals surface area (Å²) in [5.74, 6) is 0.413. The zero-order chi connectivity index (χ0) is 34.1. The Morgan fingerprint density at radius 3 is 2.76 bits per heavy atom. The van der Waals surface area contributed by atoms with E-state index in [1.807, 2.05) is 23.1 Å². The molecule has 2 aliphatic heterocycles. The minimum absolute atomic E-state index is 0.00528. The number of ether oxygens (including phenoxy) is 1. The van der Waals surface area contributed by atoms with Crippen molar-refractivity contribution in [1.29, 1.82) is 0 Å². The summed E-state index contributed by atoms with van der Waals surface area (Å²) in [5.41, 5.74) is 6.22. The van der Waals surface area contributed by atoms with E-state index in [4.69, 9.17) is 30.7 Å². The Balaban J connectivity index is 1.20. The molecule has 0 bridgehead atoms. The monoisotopic (exact) mass is 708 g/mol. The molecule has 2 N–H and O–H groups in total. The number of aryl methyl sites for hydroxylation is 2. The van der Waals surface area contributed by atoms with E-state index in [1.165, 1.54) is 23.5 Å². The molecule has 2 atom stereocenters. The van der Waals surface area contributed by atoms with Crippen molar-refractivity contribution >= 4 is 44.7 Å². The number of aromatic amines is 1. The highest BCUT2D eigenvalue weighted by molar-refractivity contribution is 7.23. The average molecular weight is 709 g/mol. The maximum atomic E-state index is 14.2. The lowest BCUT2D eigenvalue weighted by atomic mass is 9.93. The lowest BCUT2D eigenvalue weighted by Crippen LogP contribution is -2.22. The van der Waals surface area contributed by atoms with Gasteiger partial charge in [-0.05, 0) is 85.4 Å². The number of fused-ring (bicyclic) bond motifs is 5. The fourth-order valence-corrected chi connectivity index (χ4v) is 9.25. The first-order valence-corrected chi connectivity index (χ1v) is 17.8. The van der Waals surface area contributed by atoms with Crippen LogP contribution in [0.15, 0.2) is 63.9 Å². The summed E-state index contributed by atoms with van der Waals surface area (Å²) in [6.45, 7) is 0.653. The molecule has 10 nitrogen and oxygen atoms in total. The number of nitrogens with one attached hydrogen (secondary N) is 2. The lowest BCUT2D eigenvalue weighted by Gasteiger charge is -2.16. The Kier molecular flexibility index (Phi) is 7.47. The van der Waals surface area contributed by atoms with E-state index in [-0.39, 0.29) is 29.7 Å². The Bertz CT molecular complexity index is 2390. The summed E-state index contributed by atoms with van der Waals surface area (Å²) < 4.78 is 25.9. The van der Waals surface area contributed by atoms with E-state index in [2.05, 4.69) is 21.6 Å². The molecule has 0 radical (unpaired) electrons. The van der Waals surface area contributed by atoms with Crippen molar-refractivity contribution in [3.8, 4) is 27.6 Å². The number of anilines is 1. The predicted molar refractivity (Wildman–Crippen MR) is 188 cm³/mol. The molecule has 0 spiro atoms.